The third-order valence-corrected chi connectivity index (χ3v) is 5.05. The molecule has 2 aromatic rings. The molecule has 2 amide bonds. The summed E-state index contributed by atoms with van der Waals surface area (Å²) in [6, 6.07) is 8.55. The minimum atomic E-state index is -4.46. The zero-order chi connectivity index (χ0) is 18.7. The number of carbonyl (C=O) groups is 2. The molecule has 0 saturated carbocycles. The maximum atomic E-state index is 13.1. The van der Waals surface area contributed by atoms with Gasteiger partial charge >= 0.3 is 6.18 Å². The number of alkyl halides is 3. The molecule has 3 rings (SSSR count). The fourth-order valence-electron chi connectivity index (χ4n) is 3.01. The average molecular weight is 382 g/mol. The van der Waals surface area contributed by atoms with Crippen molar-refractivity contribution in [1.82, 2.24) is 10.2 Å². The molecule has 1 unspecified atom stereocenters. The highest BCUT2D eigenvalue weighted by molar-refractivity contribution is 7.10. The Kier molecular flexibility index (Phi) is 5.31. The van der Waals surface area contributed by atoms with Gasteiger partial charge in [0.1, 0.15) is 0 Å². The number of thiophene rings is 1. The molecule has 1 saturated heterocycles. The molecular weight excluding hydrogens is 365 g/mol. The van der Waals surface area contributed by atoms with Gasteiger partial charge in [-0.1, -0.05) is 24.3 Å². The summed E-state index contributed by atoms with van der Waals surface area (Å²) in [4.78, 5) is 26.5. The Balaban J connectivity index is 1.61. The molecule has 0 radical (unpaired) electrons. The number of hydrogen-bond acceptors (Lipinski definition) is 3. The molecule has 1 aromatic carbocycles. The number of rotatable bonds is 5. The topological polar surface area (TPSA) is 49.4 Å². The van der Waals surface area contributed by atoms with Gasteiger partial charge in [-0.25, -0.2) is 0 Å². The molecule has 2 heterocycles. The van der Waals surface area contributed by atoms with Crippen molar-refractivity contribution in [1.29, 1.82) is 0 Å². The summed E-state index contributed by atoms with van der Waals surface area (Å²) in [6.45, 7) is 0.0903. The quantitative estimate of drug-likeness (QED) is 0.863. The van der Waals surface area contributed by atoms with Gasteiger partial charge in [-0.3, -0.25) is 9.59 Å². The second kappa shape index (κ2) is 7.49. The number of amides is 2. The number of hydrogen-bond donors (Lipinski definition) is 1. The molecular formula is C18H17F3N2O2S. The van der Waals surface area contributed by atoms with E-state index in [1.165, 1.54) is 34.4 Å². The lowest BCUT2D eigenvalue weighted by molar-refractivity contribution is -0.139. The zero-order valence-electron chi connectivity index (χ0n) is 13.8. The van der Waals surface area contributed by atoms with E-state index in [0.29, 0.717) is 0 Å². The van der Waals surface area contributed by atoms with Crippen LogP contribution in [0.5, 0.6) is 0 Å². The van der Waals surface area contributed by atoms with E-state index < -0.39 is 11.7 Å². The molecule has 1 aliphatic rings. The predicted octanol–water partition coefficient (Wildman–Crippen LogP) is 3.23. The molecule has 138 valence electrons. The lowest BCUT2D eigenvalue weighted by Crippen LogP contribution is -2.37. The van der Waals surface area contributed by atoms with E-state index in [1.54, 1.807) is 0 Å². The van der Waals surface area contributed by atoms with Crippen molar-refractivity contribution >= 4 is 23.2 Å². The standard InChI is InChI=1S/C18H17F3N2O2S/c19-18(20,21)15-6-2-1-4-12(15)10-23-11-13(8-17(23)25)22-16(24)9-14-5-3-7-26-14/h1-7,13H,8-11H2,(H,22,24). The molecule has 1 aromatic heterocycles. The van der Waals surface area contributed by atoms with Crippen molar-refractivity contribution in [2.24, 2.45) is 0 Å². The van der Waals surface area contributed by atoms with Gasteiger partial charge in [0.25, 0.3) is 0 Å². The average Bonchev–Trinajstić information content (AvgIpc) is 3.17. The van der Waals surface area contributed by atoms with Crippen LogP contribution in [0, 0.1) is 0 Å². The first-order chi connectivity index (χ1) is 12.3. The lowest BCUT2D eigenvalue weighted by Gasteiger charge is -2.20. The van der Waals surface area contributed by atoms with Crippen LogP contribution in [-0.2, 0) is 28.7 Å². The Morgan fingerprint density at radius 2 is 2.00 bits per heavy atom. The van der Waals surface area contributed by atoms with Crippen LogP contribution in [0.1, 0.15) is 22.4 Å². The van der Waals surface area contributed by atoms with Crippen LogP contribution >= 0.6 is 11.3 Å². The third kappa shape index (κ3) is 4.43. The van der Waals surface area contributed by atoms with Crippen LogP contribution in [0.4, 0.5) is 13.2 Å². The molecule has 1 fully saturated rings. The predicted molar refractivity (Wildman–Crippen MR) is 91.4 cm³/mol. The van der Waals surface area contributed by atoms with E-state index in [2.05, 4.69) is 5.32 Å². The minimum Gasteiger partial charge on any atom is -0.351 e. The summed E-state index contributed by atoms with van der Waals surface area (Å²) in [5.74, 6) is -0.453. The summed E-state index contributed by atoms with van der Waals surface area (Å²) < 4.78 is 39.3. The molecule has 1 N–H and O–H groups in total. The highest BCUT2D eigenvalue weighted by Gasteiger charge is 2.35. The Morgan fingerprint density at radius 3 is 2.69 bits per heavy atom. The summed E-state index contributed by atoms with van der Waals surface area (Å²) in [5.41, 5.74) is -0.683. The van der Waals surface area contributed by atoms with E-state index in [0.717, 1.165) is 10.9 Å². The van der Waals surface area contributed by atoms with Gasteiger partial charge in [0, 0.05) is 24.4 Å². The number of likely N-dealkylation sites (tertiary alicyclic amines) is 1. The van der Waals surface area contributed by atoms with E-state index in [4.69, 9.17) is 0 Å². The van der Waals surface area contributed by atoms with E-state index in [-0.39, 0.29) is 49.4 Å². The fourth-order valence-corrected chi connectivity index (χ4v) is 3.72. The van der Waals surface area contributed by atoms with Crippen molar-refractivity contribution < 1.29 is 22.8 Å². The normalized spacial score (nSPS) is 17.6. The van der Waals surface area contributed by atoms with Gasteiger partial charge < -0.3 is 10.2 Å². The molecule has 0 spiro atoms. The van der Waals surface area contributed by atoms with Crippen LogP contribution in [0.2, 0.25) is 0 Å². The number of nitrogens with zero attached hydrogens (tertiary/aromatic N) is 1. The smallest absolute Gasteiger partial charge is 0.351 e. The second-order valence-electron chi connectivity index (χ2n) is 6.15. The zero-order valence-corrected chi connectivity index (χ0v) is 14.6. The third-order valence-electron chi connectivity index (χ3n) is 4.18. The van der Waals surface area contributed by atoms with E-state index in [9.17, 15) is 22.8 Å². The number of halogens is 3. The first-order valence-corrected chi connectivity index (χ1v) is 8.95. The first kappa shape index (κ1) is 18.4. The Morgan fingerprint density at radius 1 is 1.23 bits per heavy atom. The molecule has 0 bridgehead atoms. The van der Waals surface area contributed by atoms with Crippen molar-refractivity contribution in [3.8, 4) is 0 Å². The maximum Gasteiger partial charge on any atom is 0.416 e. The van der Waals surface area contributed by atoms with E-state index >= 15 is 0 Å². The number of nitrogens with one attached hydrogen (secondary N) is 1. The number of benzene rings is 1. The molecule has 1 aliphatic heterocycles. The van der Waals surface area contributed by atoms with E-state index in [1.807, 2.05) is 17.5 Å². The minimum absolute atomic E-state index is 0.0545. The van der Waals surface area contributed by atoms with Crippen LogP contribution in [0.25, 0.3) is 0 Å². The van der Waals surface area contributed by atoms with Crippen LogP contribution in [0.15, 0.2) is 41.8 Å². The van der Waals surface area contributed by atoms with Crippen LogP contribution in [-0.4, -0.2) is 29.3 Å². The summed E-state index contributed by atoms with van der Waals surface area (Å²) in [5, 5.41) is 4.67. The van der Waals surface area contributed by atoms with Crippen molar-refractivity contribution in [3.05, 3.63) is 57.8 Å². The monoisotopic (exact) mass is 382 g/mol. The summed E-state index contributed by atoms with van der Waals surface area (Å²) in [6.07, 6.45) is -4.13. The first-order valence-electron chi connectivity index (χ1n) is 8.07. The van der Waals surface area contributed by atoms with Gasteiger partial charge in [-0.05, 0) is 23.1 Å². The lowest BCUT2D eigenvalue weighted by atomic mass is 10.1. The van der Waals surface area contributed by atoms with Crippen molar-refractivity contribution in [3.63, 3.8) is 0 Å². The second-order valence-corrected chi connectivity index (χ2v) is 7.19. The largest absolute Gasteiger partial charge is 0.416 e. The van der Waals surface area contributed by atoms with Crippen molar-refractivity contribution in [2.75, 3.05) is 6.54 Å². The van der Waals surface area contributed by atoms with Gasteiger partial charge in [-0.2, -0.15) is 13.2 Å². The van der Waals surface area contributed by atoms with Gasteiger partial charge in [-0.15, -0.1) is 11.3 Å². The highest BCUT2D eigenvalue weighted by Crippen LogP contribution is 2.32. The van der Waals surface area contributed by atoms with Gasteiger partial charge in [0.15, 0.2) is 0 Å². The Bertz CT molecular complexity index is 790. The molecule has 0 aliphatic carbocycles. The van der Waals surface area contributed by atoms with Crippen molar-refractivity contribution in [2.45, 2.75) is 31.6 Å². The molecule has 8 heteroatoms. The molecule has 1 atom stereocenters. The molecule has 4 nitrogen and oxygen atoms in total. The Labute approximate surface area is 152 Å². The summed E-state index contributed by atoms with van der Waals surface area (Å²) in [7, 11) is 0. The molecule has 26 heavy (non-hydrogen) atoms. The highest BCUT2D eigenvalue weighted by atomic mass is 32.1. The van der Waals surface area contributed by atoms with Gasteiger partial charge in [0.2, 0.25) is 11.8 Å². The van der Waals surface area contributed by atoms with Crippen LogP contribution < -0.4 is 5.32 Å². The summed E-state index contributed by atoms with van der Waals surface area (Å²) >= 11 is 1.47. The maximum absolute atomic E-state index is 13.1. The van der Waals surface area contributed by atoms with Crippen LogP contribution in [0.3, 0.4) is 0 Å². The number of carbonyl (C=O) groups excluding carboxylic acids is 2. The SMILES string of the molecule is O=C(Cc1cccs1)NC1CC(=O)N(Cc2ccccc2C(F)(F)F)C1. The fraction of sp³-hybridized carbons (Fsp3) is 0.333. The Hall–Kier alpha value is -2.35. The van der Waals surface area contributed by atoms with Gasteiger partial charge in [0.05, 0.1) is 18.0 Å².